The minimum atomic E-state index is -0.991. The molecule has 0 saturated carbocycles. The van der Waals surface area contributed by atoms with Crippen LogP contribution in [0.3, 0.4) is 0 Å². The SMILES string of the molecule is COc1cccc(C(=O)O)c1COc1cc(C)c(C)cc1C. The molecule has 0 spiro atoms. The third-order valence-corrected chi connectivity index (χ3v) is 3.75. The van der Waals surface area contributed by atoms with E-state index in [1.807, 2.05) is 19.9 Å². The fraction of sp³-hybridized carbons (Fsp3) is 0.278. The quantitative estimate of drug-likeness (QED) is 0.910. The average molecular weight is 300 g/mol. The van der Waals surface area contributed by atoms with Gasteiger partial charge in [-0.05, 0) is 55.7 Å². The molecule has 2 aromatic carbocycles. The van der Waals surface area contributed by atoms with Crippen LogP contribution in [0.15, 0.2) is 30.3 Å². The van der Waals surface area contributed by atoms with Gasteiger partial charge in [0, 0.05) is 5.56 Å². The van der Waals surface area contributed by atoms with E-state index in [0.717, 1.165) is 16.9 Å². The largest absolute Gasteiger partial charge is 0.496 e. The number of benzene rings is 2. The molecule has 0 atom stereocenters. The summed E-state index contributed by atoms with van der Waals surface area (Å²) in [5, 5.41) is 9.31. The van der Waals surface area contributed by atoms with E-state index < -0.39 is 5.97 Å². The van der Waals surface area contributed by atoms with Crippen LogP contribution in [0.1, 0.15) is 32.6 Å². The number of carboxylic acids is 1. The van der Waals surface area contributed by atoms with E-state index in [1.165, 1.54) is 12.7 Å². The molecule has 0 fully saturated rings. The Bertz CT molecular complexity index is 704. The lowest BCUT2D eigenvalue weighted by molar-refractivity contribution is 0.0693. The van der Waals surface area contributed by atoms with Crippen LogP contribution in [0.2, 0.25) is 0 Å². The lowest BCUT2D eigenvalue weighted by Gasteiger charge is -2.15. The molecule has 2 rings (SSSR count). The predicted octanol–water partition coefficient (Wildman–Crippen LogP) is 3.90. The van der Waals surface area contributed by atoms with Gasteiger partial charge in [0.2, 0.25) is 0 Å². The van der Waals surface area contributed by atoms with E-state index in [0.29, 0.717) is 11.3 Å². The number of hydrogen-bond donors (Lipinski definition) is 1. The number of carboxylic acid groups (broad SMARTS) is 1. The van der Waals surface area contributed by atoms with Gasteiger partial charge < -0.3 is 14.6 Å². The molecule has 22 heavy (non-hydrogen) atoms. The zero-order valence-electron chi connectivity index (χ0n) is 13.3. The van der Waals surface area contributed by atoms with Crippen molar-refractivity contribution >= 4 is 5.97 Å². The van der Waals surface area contributed by atoms with Gasteiger partial charge in [0.25, 0.3) is 0 Å². The molecule has 0 aliphatic rings. The smallest absolute Gasteiger partial charge is 0.336 e. The Morgan fingerprint density at radius 3 is 2.36 bits per heavy atom. The van der Waals surface area contributed by atoms with Crippen LogP contribution in [0.4, 0.5) is 0 Å². The van der Waals surface area contributed by atoms with Crippen molar-refractivity contribution in [2.24, 2.45) is 0 Å². The van der Waals surface area contributed by atoms with Gasteiger partial charge in [-0.2, -0.15) is 0 Å². The van der Waals surface area contributed by atoms with E-state index in [9.17, 15) is 9.90 Å². The molecule has 0 aliphatic heterocycles. The summed E-state index contributed by atoms with van der Waals surface area (Å²) in [5.74, 6) is 0.279. The number of hydrogen-bond acceptors (Lipinski definition) is 3. The minimum absolute atomic E-state index is 0.148. The third kappa shape index (κ3) is 3.22. The van der Waals surface area contributed by atoms with Crippen LogP contribution in [-0.2, 0) is 6.61 Å². The maximum atomic E-state index is 11.4. The van der Waals surface area contributed by atoms with Gasteiger partial charge in [-0.25, -0.2) is 4.79 Å². The first-order chi connectivity index (χ1) is 10.4. The standard InChI is InChI=1S/C18H20O4/c1-11-8-13(3)17(9-12(11)2)22-10-15-14(18(19)20)6-5-7-16(15)21-4/h5-9H,10H2,1-4H3,(H,19,20). The monoisotopic (exact) mass is 300 g/mol. The molecule has 0 heterocycles. The molecule has 2 aromatic rings. The second-order valence-corrected chi connectivity index (χ2v) is 5.28. The first-order valence-corrected chi connectivity index (χ1v) is 7.04. The molecular weight excluding hydrogens is 280 g/mol. The van der Waals surface area contributed by atoms with Gasteiger partial charge in [-0.1, -0.05) is 12.1 Å². The first-order valence-electron chi connectivity index (χ1n) is 7.04. The highest BCUT2D eigenvalue weighted by molar-refractivity contribution is 5.90. The number of carbonyl (C=O) groups is 1. The van der Waals surface area contributed by atoms with Crippen molar-refractivity contribution in [1.82, 2.24) is 0 Å². The number of aromatic carboxylic acids is 1. The molecular formula is C18H20O4. The lowest BCUT2D eigenvalue weighted by Crippen LogP contribution is -2.08. The fourth-order valence-electron chi connectivity index (χ4n) is 2.35. The molecule has 0 aliphatic carbocycles. The maximum Gasteiger partial charge on any atom is 0.336 e. The Labute approximate surface area is 130 Å². The predicted molar refractivity (Wildman–Crippen MR) is 84.9 cm³/mol. The summed E-state index contributed by atoms with van der Waals surface area (Å²) in [7, 11) is 1.52. The lowest BCUT2D eigenvalue weighted by atomic mass is 10.1. The molecule has 4 heteroatoms. The van der Waals surface area contributed by atoms with Crippen LogP contribution in [0, 0.1) is 20.8 Å². The van der Waals surface area contributed by atoms with E-state index in [-0.39, 0.29) is 12.2 Å². The number of rotatable bonds is 5. The van der Waals surface area contributed by atoms with E-state index >= 15 is 0 Å². The van der Waals surface area contributed by atoms with Crippen molar-refractivity contribution in [3.8, 4) is 11.5 Å². The van der Waals surface area contributed by atoms with Gasteiger partial charge in [-0.3, -0.25) is 0 Å². The maximum absolute atomic E-state index is 11.4. The normalized spacial score (nSPS) is 10.4. The summed E-state index contributed by atoms with van der Waals surface area (Å²) >= 11 is 0. The summed E-state index contributed by atoms with van der Waals surface area (Å²) in [6.07, 6.45) is 0. The number of aryl methyl sites for hydroxylation is 3. The summed E-state index contributed by atoms with van der Waals surface area (Å²) < 4.78 is 11.1. The van der Waals surface area contributed by atoms with E-state index in [1.54, 1.807) is 18.2 Å². The minimum Gasteiger partial charge on any atom is -0.496 e. The average Bonchev–Trinajstić information content (AvgIpc) is 2.49. The van der Waals surface area contributed by atoms with E-state index in [2.05, 4.69) is 13.0 Å². The molecule has 0 saturated heterocycles. The highest BCUT2D eigenvalue weighted by Gasteiger charge is 2.15. The second kappa shape index (κ2) is 6.52. The van der Waals surface area contributed by atoms with Crippen LogP contribution < -0.4 is 9.47 Å². The fourth-order valence-corrected chi connectivity index (χ4v) is 2.35. The summed E-state index contributed by atoms with van der Waals surface area (Å²) in [4.78, 5) is 11.4. The van der Waals surface area contributed by atoms with Crippen molar-refractivity contribution in [3.05, 3.63) is 58.1 Å². The van der Waals surface area contributed by atoms with Crippen molar-refractivity contribution < 1.29 is 19.4 Å². The third-order valence-electron chi connectivity index (χ3n) is 3.75. The Balaban J connectivity index is 2.32. The Kier molecular flexibility index (Phi) is 4.71. The summed E-state index contributed by atoms with van der Waals surface area (Å²) in [6, 6.07) is 8.98. The summed E-state index contributed by atoms with van der Waals surface area (Å²) in [6.45, 7) is 6.19. The molecule has 116 valence electrons. The molecule has 0 bridgehead atoms. The zero-order valence-corrected chi connectivity index (χ0v) is 13.3. The Morgan fingerprint density at radius 2 is 1.73 bits per heavy atom. The zero-order chi connectivity index (χ0) is 16.3. The van der Waals surface area contributed by atoms with Crippen LogP contribution in [0.5, 0.6) is 11.5 Å². The van der Waals surface area contributed by atoms with Crippen molar-refractivity contribution in [2.45, 2.75) is 27.4 Å². The molecule has 4 nitrogen and oxygen atoms in total. The van der Waals surface area contributed by atoms with Crippen molar-refractivity contribution in [3.63, 3.8) is 0 Å². The van der Waals surface area contributed by atoms with Gasteiger partial charge in [0.1, 0.15) is 18.1 Å². The first kappa shape index (κ1) is 15.9. The van der Waals surface area contributed by atoms with Gasteiger partial charge in [0.05, 0.1) is 12.7 Å². The van der Waals surface area contributed by atoms with Gasteiger partial charge in [0.15, 0.2) is 0 Å². The molecule has 0 amide bonds. The van der Waals surface area contributed by atoms with Gasteiger partial charge >= 0.3 is 5.97 Å². The van der Waals surface area contributed by atoms with Crippen molar-refractivity contribution in [1.29, 1.82) is 0 Å². The highest BCUT2D eigenvalue weighted by Crippen LogP contribution is 2.27. The van der Waals surface area contributed by atoms with Crippen LogP contribution in [0.25, 0.3) is 0 Å². The molecule has 1 N–H and O–H groups in total. The second-order valence-electron chi connectivity index (χ2n) is 5.28. The Morgan fingerprint density at radius 1 is 1.05 bits per heavy atom. The van der Waals surface area contributed by atoms with E-state index in [4.69, 9.17) is 9.47 Å². The highest BCUT2D eigenvalue weighted by atomic mass is 16.5. The van der Waals surface area contributed by atoms with Crippen molar-refractivity contribution in [2.75, 3.05) is 7.11 Å². The summed E-state index contributed by atoms with van der Waals surface area (Å²) in [5.41, 5.74) is 4.10. The van der Waals surface area contributed by atoms with Gasteiger partial charge in [-0.15, -0.1) is 0 Å². The Hall–Kier alpha value is -2.49. The van der Waals surface area contributed by atoms with Crippen LogP contribution >= 0.6 is 0 Å². The topological polar surface area (TPSA) is 55.8 Å². The molecule has 0 unspecified atom stereocenters. The number of ether oxygens (including phenoxy) is 2. The number of methoxy groups -OCH3 is 1. The molecule has 0 radical (unpaired) electrons. The molecule has 0 aromatic heterocycles. The van der Waals surface area contributed by atoms with Crippen LogP contribution in [-0.4, -0.2) is 18.2 Å².